The minimum atomic E-state index is -0.0866. The maximum atomic E-state index is 12.2. The van der Waals surface area contributed by atoms with Crippen LogP contribution in [0, 0.1) is 6.92 Å². The molecule has 0 aromatic heterocycles. The number of ether oxygens (including phenoxy) is 1. The second-order valence-electron chi connectivity index (χ2n) is 6.59. The average Bonchev–Trinajstić information content (AvgIpc) is 2.60. The normalized spacial score (nSPS) is 14.6. The molecular weight excluding hydrogens is 298 g/mol. The number of hydrogen-bond acceptors (Lipinski definition) is 2. The molecule has 0 bridgehead atoms. The van der Waals surface area contributed by atoms with Gasteiger partial charge in [0.1, 0.15) is 5.75 Å². The van der Waals surface area contributed by atoms with E-state index in [-0.39, 0.29) is 18.6 Å². The minimum Gasteiger partial charge on any atom is -0.483 e. The quantitative estimate of drug-likeness (QED) is 0.898. The van der Waals surface area contributed by atoms with Crippen LogP contribution in [-0.2, 0) is 17.6 Å². The van der Waals surface area contributed by atoms with Gasteiger partial charge in [0.05, 0.1) is 6.04 Å². The highest BCUT2D eigenvalue weighted by atomic mass is 16.5. The van der Waals surface area contributed by atoms with Gasteiger partial charge in [0.2, 0.25) is 0 Å². The fourth-order valence-electron chi connectivity index (χ4n) is 3.25. The van der Waals surface area contributed by atoms with Crippen LogP contribution in [0.1, 0.15) is 48.1 Å². The second-order valence-corrected chi connectivity index (χ2v) is 6.59. The lowest BCUT2D eigenvalue weighted by atomic mass is 9.91. The first-order valence-corrected chi connectivity index (χ1v) is 8.73. The molecule has 0 radical (unpaired) electrons. The SMILES string of the molecule is Cc1ccc([C@@H](C)NC(=O)COc2cccc3c2CCCC3)cc1. The Labute approximate surface area is 144 Å². The van der Waals surface area contributed by atoms with Crippen LogP contribution < -0.4 is 10.1 Å². The van der Waals surface area contributed by atoms with Gasteiger partial charge in [-0.05, 0) is 62.3 Å². The van der Waals surface area contributed by atoms with Crippen molar-refractivity contribution in [1.29, 1.82) is 0 Å². The van der Waals surface area contributed by atoms with E-state index in [1.807, 2.05) is 19.1 Å². The summed E-state index contributed by atoms with van der Waals surface area (Å²) in [5.41, 5.74) is 4.97. The largest absolute Gasteiger partial charge is 0.483 e. The van der Waals surface area contributed by atoms with Crippen LogP contribution in [0.4, 0.5) is 0 Å². The molecule has 3 rings (SSSR count). The van der Waals surface area contributed by atoms with Crippen LogP contribution >= 0.6 is 0 Å². The highest BCUT2D eigenvalue weighted by molar-refractivity contribution is 5.78. The molecule has 1 N–H and O–H groups in total. The van der Waals surface area contributed by atoms with Crippen LogP contribution in [0.15, 0.2) is 42.5 Å². The van der Waals surface area contributed by atoms with E-state index in [1.54, 1.807) is 0 Å². The van der Waals surface area contributed by atoms with Crippen molar-refractivity contribution in [2.75, 3.05) is 6.61 Å². The molecule has 1 atom stereocenters. The Hall–Kier alpha value is -2.29. The summed E-state index contributed by atoms with van der Waals surface area (Å²) in [7, 11) is 0. The molecule has 126 valence electrons. The molecule has 1 aliphatic carbocycles. The van der Waals surface area contributed by atoms with Gasteiger partial charge < -0.3 is 10.1 Å². The van der Waals surface area contributed by atoms with E-state index in [1.165, 1.54) is 29.5 Å². The number of fused-ring (bicyclic) bond motifs is 1. The number of benzene rings is 2. The van der Waals surface area contributed by atoms with Crippen LogP contribution in [0.25, 0.3) is 0 Å². The topological polar surface area (TPSA) is 38.3 Å². The first-order valence-electron chi connectivity index (χ1n) is 8.73. The van der Waals surface area contributed by atoms with Gasteiger partial charge in [-0.15, -0.1) is 0 Å². The maximum absolute atomic E-state index is 12.2. The van der Waals surface area contributed by atoms with Gasteiger partial charge in [0, 0.05) is 0 Å². The Bertz CT molecular complexity index is 706. The summed E-state index contributed by atoms with van der Waals surface area (Å²) >= 11 is 0. The Kier molecular flexibility index (Phi) is 5.19. The van der Waals surface area contributed by atoms with E-state index in [0.717, 1.165) is 24.2 Å². The predicted octanol–water partition coefficient (Wildman–Crippen LogP) is 4.13. The lowest BCUT2D eigenvalue weighted by molar-refractivity contribution is -0.123. The molecule has 24 heavy (non-hydrogen) atoms. The first kappa shape index (κ1) is 16.6. The van der Waals surface area contributed by atoms with E-state index in [2.05, 4.69) is 42.6 Å². The van der Waals surface area contributed by atoms with Gasteiger partial charge in [0.25, 0.3) is 5.91 Å². The van der Waals surface area contributed by atoms with E-state index in [0.29, 0.717) is 0 Å². The summed E-state index contributed by atoms with van der Waals surface area (Å²) in [5, 5.41) is 3.00. The summed E-state index contributed by atoms with van der Waals surface area (Å²) in [4.78, 5) is 12.2. The van der Waals surface area contributed by atoms with E-state index in [9.17, 15) is 4.79 Å². The van der Waals surface area contributed by atoms with E-state index >= 15 is 0 Å². The summed E-state index contributed by atoms with van der Waals surface area (Å²) < 4.78 is 5.81. The molecule has 0 fully saturated rings. The molecule has 2 aromatic rings. The van der Waals surface area contributed by atoms with Crippen LogP contribution in [0.3, 0.4) is 0 Å². The summed E-state index contributed by atoms with van der Waals surface area (Å²) in [6.45, 7) is 4.11. The maximum Gasteiger partial charge on any atom is 0.258 e. The van der Waals surface area contributed by atoms with Gasteiger partial charge in [-0.3, -0.25) is 4.79 Å². The number of hydrogen-bond donors (Lipinski definition) is 1. The number of aryl methyl sites for hydroxylation is 2. The molecule has 0 saturated heterocycles. The Balaban J connectivity index is 1.57. The molecule has 1 aliphatic rings. The molecule has 2 aromatic carbocycles. The van der Waals surface area contributed by atoms with Crippen molar-refractivity contribution >= 4 is 5.91 Å². The molecule has 0 unspecified atom stereocenters. The predicted molar refractivity (Wildman–Crippen MR) is 96.3 cm³/mol. The Morgan fingerprint density at radius 1 is 1.12 bits per heavy atom. The molecule has 0 spiro atoms. The number of nitrogens with one attached hydrogen (secondary N) is 1. The lowest BCUT2D eigenvalue weighted by Crippen LogP contribution is -2.31. The van der Waals surface area contributed by atoms with Crippen molar-refractivity contribution in [2.45, 2.75) is 45.6 Å². The van der Waals surface area contributed by atoms with Crippen LogP contribution in [-0.4, -0.2) is 12.5 Å². The Morgan fingerprint density at radius 2 is 1.88 bits per heavy atom. The molecule has 0 saturated carbocycles. The first-order chi connectivity index (χ1) is 11.6. The zero-order valence-electron chi connectivity index (χ0n) is 14.5. The zero-order chi connectivity index (χ0) is 16.9. The minimum absolute atomic E-state index is 0.0219. The van der Waals surface area contributed by atoms with Gasteiger partial charge in [-0.2, -0.15) is 0 Å². The zero-order valence-corrected chi connectivity index (χ0v) is 14.5. The number of rotatable bonds is 5. The Morgan fingerprint density at radius 3 is 2.67 bits per heavy atom. The van der Waals surface area contributed by atoms with Crippen molar-refractivity contribution < 1.29 is 9.53 Å². The highest BCUT2D eigenvalue weighted by Crippen LogP contribution is 2.29. The van der Waals surface area contributed by atoms with Crippen LogP contribution in [0.2, 0.25) is 0 Å². The standard InChI is InChI=1S/C21H25NO2/c1-15-10-12-17(13-11-15)16(2)22-21(23)14-24-20-9-5-7-18-6-3-4-8-19(18)20/h5,7,9-13,16H,3-4,6,8,14H2,1-2H3,(H,22,23)/t16-/m1/s1. The smallest absolute Gasteiger partial charge is 0.258 e. The van der Waals surface area contributed by atoms with Crippen molar-refractivity contribution in [3.8, 4) is 5.75 Å². The third-order valence-electron chi connectivity index (χ3n) is 4.67. The van der Waals surface area contributed by atoms with Crippen molar-refractivity contribution in [3.63, 3.8) is 0 Å². The molecule has 3 nitrogen and oxygen atoms in total. The molecule has 0 aliphatic heterocycles. The summed E-state index contributed by atoms with van der Waals surface area (Å²) in [6.07, 6.45) is 4.60. The molecule has 3 heteroatoms. The fourth-order valence-corrected chi connectivity index (χ4v) is 3.25. The van der Waals surface area contributed by atoms with Crippen molar-refractivity contribution in [3.05, 3.63) is 64.7 Å². The van der Waals surface area contributed by atoms with Gasteiger partial charge in [-0.25, -0.2) is 0 Å². The second kappa shape index (κ2) is 7.52. The monoisotopic (exact) mass is 323 g/mol. The molecule has 1 amide bonds. The number of amides is 1. The third kappa shape index (κ3) is 3.97. The van der Waals surface area contributed by atoms with E-state index < -0.39 is 0 Å². The van der Waals surface area contributed by atoms with Crippen molar-refractivity contribution in [1.82, 2.24) is 5.32 Å². The molecular formula is C21H25NO2. The van der Waals surface area contributed by atoms with Crippen LogP contribution in [0.5, 0.6) is 5.75 Å². The highest BCUT2D eigenvalue weighted by Gasteiger charge is 2.15. The van der Waals surface area contributed by atoms with Crippen molar-refractivity contribution in [2.24, 2.45) is 0 Å². The lowest BCUT2D eigenvalue weighted by Gasteiger charge is -2.20. The summed E-state index contributed by atoms with van der Waals surface area (Å²) in [6, 6.07) is 14.4. The van der Waals surface area contributed by atoms with Gasteiger partial charge in [0.15, 0.2) is 6.61 Å². The van der Waals surface area contributed by atoms with Gasteiger partial charge in [-0.1, -0.05) is 42.0 Å². The third-order valence-corrected chi connectivity index (χ3v) is 4.67. The van der Waals surface area contributed by atoms with Gasteiger partial charge >= 0.3 is 0 Å². The fraction of sp³-hybridized carbons (Fsp3) is 0.381. The average molecular weight is 323 g/mol. The number of carbonyl (C=O) groups excluding carboxylic acids is 1. The summed E-state index contributed by atoms with van der Waals surface area (Å²) in [5.74, 6) is 0.779. The van der Waals surface area contributed by atoms with E-state index in [4.69, 9.17) is 4.74 Å². The number of carbonyl (C=O) groups is 1. The molecule has 0 heterocycles.